The van der Waals surface area contributed by atoms with E-state index in [1.165, 1.54) is 0 Å². The molecular weight excluding hydrogens is 370 g/mol. The molecule has 1 aromatic carbocycles. The van der Waals surface area contributed by atoms with Crippen LogP contribution in [0.1, 0.15) is 51.5 Å². The largest absolute Gasteiger partial charge is 0.466 e. The fourth-order valence-corrected chi connectivity index (χ4v) is 3.24. The van der Waals surface area contributed by atoms with Crippen LogP contribution in [0.4, 0.5) is 0 Å². The van der Waals surface area contributed by atoms with Gasteiger partial charge in [0.1, 0.15) is 0 Å². The number of halogens is 1. The summed E-state index contributed by atoms with van der Waals surface area (Å²) < 4.78 is 11.7. The zero-order valence-corrected chi connectivity index (χ0v) is 16.6. The van der Waals surface area contributed by atoms with E-state index < -0.39 is 11.9 Å². The van der Waals surface area contributed by atoms with E-state index in [0.717, 1.165) is 0 Å². The van der Waals surface area contributed by atoms with Gasteiger partial charge in [0.2, 0.25) is 5.78 Å². The number of hydrogen-bond acceptors (Lipinski definition) is 5. The average Bonchev–Trinajstić information content (AvgIpc) is 2.85. The summed E-state index contributed by atoms with van der Waals surface area (Å²) in [5.41, 5.74) is 1.63. The van der Waals surface area contributed by atoms with Crippen molar-refractivity contribution < 1.29 is 23.9 Å². The topological polar surface area (TPSA) is 74.6 Å². The van der Waals surface area contributed by atoms with Gasteiger partial charge in [-0.3, -0.25) is 9.59 Å². The van der Waals surface area contributed by atoms with E-state index in [1.807, 2.05) is 0 Å². The number of ketones is 1. The summed E-state index contributed by atoms with van der Waals surface area (Å²) in [6, 6.07) is 6.68. The molecule has 0 N–H and O–H groups in total. The molecule has 0 spiro atoms. The maximum atomic E-state index is 13.1. The van der Waals surface area contributed by atoms with Crippen LogP contribution >= 0.6 is 11.6 Å². The number of carbonyl (C=O) groups is 3. The van der Waals surface area contributed by atoms with E-state index in [-0.39, 0.29) is 36.7 Å². The van der Waals surface area contributed by atoms with Gasteiger partial charge in [0.15, 0.2) is 0 Å². The Kier molecular flexibility index (Phi) is 6.80. The van der Waals surface area contributed by atoms with Crippen molar-refractivity contribution in [2.24, 2.45) is 7.05 Å². The number of ether oxygens (including phenoxy) is 2. The lowest BCUT2D eigenvalue weighted by Crippen LogP contribution is -2.16. The van der Waals surface area contributed by atoms with Gasteiger partial charge < -0.3 is 14.0 Å². The number of benzene rings is 1. The molecule has 0 amide bonds. The van der Waals surface area contributed by atoms with Crippen LogP contribution in [0.2, 0.25) is 5.02 Å². The first kappa shape index (κ1) is 20.7. The molecule has 27 heavy (non-hydrogen) atoms. The lowest BCUT2D eigenvalue weighted by molar-refractivity contribution is -0.142. The second kappa shape index (κ2) is 8.86. The molecule has 7 heteroatoms. The van der Waals surface area contributed by atoms with Crippen LogP contribution < -0.4 is 0 Å². The zero-order valence-electron chi connectivity index (χ0n) is 15.8. The first-order chi connectivity index (χ1) is 12.8. The van der Waals surface area contributed by atoms with Gasteiger partial charge >= 0.3 is 11.9 Å². The molecule has 0 saturated heterocycles. The van der Waals surface area contributed by atoms with Gasteiger partial charge in [0, 0.05) is 18.3 Å². The molecule has 1 heterocycles. The predicted molar refractivity (Wildman–Crippen MR) is 101 cm³/mol. The maximum Gasteiger partial charge on any atom is 0.340 e. The molecule has 0 bridgehead atoms. The summed E-state index contributed by atoms with van der Waals surface area (Å²) in [5.74, 6) is -1.40. The van der Waals surface area contributed by atoms with E-state index in [4.69, 9.17) is 21.1 Å². The molecule has 1 aromatic heterocycles. The molecule has 0 fully saturated rings. The minimum Gasteiger partial charge on any atom is -0.466 e. The smallest absolute Gasteiger partial charge is 0.340 e. The van der Waals surface area contributed by atoms with Crippen molar-refractivity contribution in [2.45, 2.75) is 27.2 Å². The Morgan fingerprint density at radius 3 is 2.30 bits per heavy atom. The average molecular weight is 392 g/mol. The molecule has 0 atom stereocenters. The third-order valence-electron chi connectivity index (χ3n) is 4.19. The van der Waals surface area contributed by atoms with Gasteiger partial charge in [0.05, 0.1) is 35.9 Å². The van der Waals surface area contributed by atoms with E-state index in [1.54, 1.807) is 56.7 Å². The van der Waals surface area contributed by atoms with Gasteiger partial charge in [0.25, 0.3) is 0 Å². The fourth-order valence-electron chi connectivity index (χ4n) is 3.01. The zero-order chi connectivity index (χ0) is 20.1. The molecular formula is C20H22ClNO5. The predicted octanol–water partition coefficient (Wildman–Crippen LogP) is 3.50. The second-order valence-electron chi connectivity index (χ2n) is 5.87. The maximum absolute atomic E-state index is 13.1. The third kappa shape index (κ3) is 4.22. The minimum atomic E-state index is -0.580. The molecule has 0 unspecified atom stereocenters. The van der Waals surface area contributed by atoms with Crippen molar-refractivity contribution in [1.82, 2.24) is 4.57 Å². The lowest BCUT2D eigenvalue weighted by atomic mass is 10.0. The van der Waals surface area contributed by atoms with E-state index in [0.29, 0.717) is 21.8 Å². The number of carbonyl (C=O) groups excluding carboxylic acids is 3. The van der Waals surface area contributed by atoms with Gasteiger partial charge in [-0.15, -0.1) is 0 Å². The van der Waals surface area contributed by atoms with Crippen molar-refractivity contribution >= 4 is 29.3 Å². The normalized spacial score (nSPS) is 10.6. The van der Waals surface area contributed by atoms with Crippen LogP contribution in [0.25, 0.3) is 0 Å². The molecule has 2 aromatic rings. The van der Waals surface area contributed by atoms with Gasteiger partial charge in [-0.2, -0.15) is 0 Å². The Morgan fingerprint density at radius 1 is 1.07 bits per heavy atom. The first-order valence-electron chi connectivity index (χ1n) is 8.63. The van der Waals surface area contributed by atoms with Crippen LogP contribution in [0.5, 0.6) is 0 Å². The summed E-state index contributed by atoms with van der Waals surface area (Å²) in [7, 11) is 1.63. The molecule has 2 rings (SSSR count). The third-order valence-corrected chi connectivity index (χ3v) is 4.52. The second-order valence-corrected chi connectivity index (χ2v) is 6.27. The summed E-state index contributed by atoms with van der Waals surface area (Å²) in [4.78, 5) is 37.6. The monoisotopic (exact) mass is 391 g/mol. The number of hydrogen-bond donors (Lipinski definition) is 0. The van der Waals surface area contributed by atoms with E-state index >= 15 is 0 Å². The van der Waals surface area contributed by atoms with E-state index in [2.05, 4.69) is 0 Å². The lowest BCUT2D eigenvalue weighted by Gasteiger charge is -2.09. The van der Waals surface area contributed by atoms with Crippen LogP contribution in [0.3, 0.4) is 0 Å². The van der Waals surface area contributed by atoms with Crippen LogP contribution in [-0.2, 0) is 27.7 Å². The minimum absolute atomic E-state index is 0.144. The summed E-state index contributed by atoms with van der Waals surface area (Å²) in [5, 5.41) is 0.313. The summed E-state index contributed by atoms with van der Waals surface area (Å²) in [6.45, 7) is 5.46. The highest BCUT2D eigenvalue weighted by molar-refractivity contribution is 6.35. The standard InChI is InChI=1S/C20H22ClNO5/c1-5-26-16(23)11-15-17(20(25)27-6-2)12(3)18(22(15)4)19(24)13-9-7-8-10-14(13)21/h7-10H,5-6,11H2,1-4H3. The summed E-state index contributed by atoms with van der Waals surface area (Å²) in [6.07, 6.45) is -0.144. The fraction of sp³-hybridized carbons (Fsp3) is 0.350. The number of esters is 2. The van der Waals surface area contributed by atoms with Crippen molar-refractivity contribution in [3.8, 4) is 0 Å². The van der Waals surface area contributed by atoms with Crippen molar-refractivity contribution in [3.05, 3.63) is 57.4 Å². The Morgan fingerprint density at radius 2 is 1.70 bits per heavy atom. The Bertz CT molecular complexity index is 885. The van der Waals surface area contributed by atoms with E-state index in [9.17, 15) is 14.4 Å². The molecule has 144 valence electrons. The highest BCUT2D eigenvalue weighted by Crippen LogP contribution is 2.28. The Labute approximate surface area is 163 Å². The highest BCUT2D eigenvalue weighted by Gasteiger charge is 2.30. The molecule has 0 aliphatic heterocycles. The number of aromatic nitrogens is 1. The van der Waals surface area contributed by atoms with Crippen molar-refractivity contribution in [1.29, 1.82) is 0 Å². The Hall–Kier alpha value is -2.60. The molecule has 0 saturated carbocycles. The number of nitrogens with zero attached hydrogens (tertiary/aromatic N) is 1. The molecule has 0 radical (unpaired) electrons. The quantitative estimate of drug-likeness (QED) is 0.533. The van der Waals surface area contributed by atoms with Gasteiger partial charge in [-0.1, -0.05) is 23.7 Å². The van der Waals surface area contributed by atoms with Crippen molar-refractivity contribution in [3.63, 3.8) is 0 Å². The SMILES string of the molecule is CCOC(=O)Cc1c(C(=O)OCC)c(C)c(C(=O)c2ccccc2Cl)n1C. The van der Waals surface area contributed by atoms with Gasteiger partial charge in [-0.25, -0.2) is 4.79 Å². The molecule has 6 nitrogen and oxygen atoms in total. The summed E-state index contributed by atoms with van der Waals surface area (Å²) >= 11 is 6.16. The van der Waals surface area contributed by atoms with Gasteiger partial charge in [-0.05, 0) is 38.5 Å². The van der Waals surface area contributed by atoms with Crippen LogP contribution in [0.15, 0.2) is 24.3 Å². The first-order valence-corrected chi connectivity index (χ1v) is 9.01. The molecule has 0 aliphatic rings. The number of rotatable bonds is 7. The molecule has 0 aliphatic carbocycles. The Balaban J connectivity index is 2.62. The highest BCUT2D eigenvalue weighted by atomic mass is 35.5. The van der Waals surface area contributed by atoms with Crippen molar-refractivity contribution in [2.75, 3.05) is 13.2 Å². The van der Waals surface area contributed by atoms with Crippen LogP contribution in [0, 0.1) is 6.92 Å². The van der Waals surface area contributed by atoms with Crippen LogP contribution in [-0.4, -0.2) is 35.5 Å².